The molecular weight excluding hydrogens is 276 g/mol. The van der Waals surface area contributed by atoms with Crippen LogP contribution in [-0.2, 0) is 0 Å². The smallest absolute Gasteiger partial charge is 0.106 e. The fourth-order valence-corrected chi connectivity index (χ4v) is 6.12. The van der Waals surface area contributed by atoms with E-state index in [-0.39, 0.29) is 22.2 Å². The first-order valence-electron chi connectivity index (χ1n) is 8.68. The third-order valence-electron chi connectivity index (χ3n) is 5.42. The van der Waals surface area contributed by atoms with Crippen LogP contribution in [0.3, 0.4) is 0 Å². The summed E-state index contributed by atoms with van der Waals surface area (Å²) in [5.41, 5.74) is -2.33. The van der Waals surface area contributed by atoms with Crippen molar-refractivity contribution in [1.82, 2.24) is 0 Å². The first-order valence-corrected chi connectivity index (χ1v) is 8.68. The average Bonchev–Trinajstić information content (AvgIpc) is 2.02. The average molecular weight is 315 g/mol. The molecule has 4 nitrogen and oxygen atoms in total. The minimum atomic E-state index is -1.03. The Hall–Kier alpha value is -0.160. The summed E-state index contributed by atoms with van der Waals surface area (Å²) in [5.74, 6) is 0. The SMILES string of the molecule is CC1(C)CC(O)(C2(O)CC(C)(C)[NH2+]C(C)(C)C2)CC(C)(C)[NH2+]1. The summed E-state index contributed by atoms with van der Waals surface area (Å²) < 4.78 is 0. The van der Waals surface area contributed by atoms with Crippen molar-refractivity contribution in [3.8, 4) is 0 Å². The van der Waals surface area contributed by atoms with Gasteiger partial charge in [-0.25, -0.2) is 0 Å². The standard InChI is InChI=1S/C18H36N2O2/c1-13(2)9-17(21,10-14(3,4)19-13)18(22)11-15(5,6)20-16(7,8)12-18/h19-22H,9-12H2,1-8H3/p+2. The molecule has 130 valence electrons. The van der Waals surface area contributed by atoms with Crippen LogP contribution in [0.5, 0.6) is 0 Å². The van der Waals surface area contributed by atoms with Gasteiger partial charge in [-0.2, -0.15) is 0 Å². The number of rotatable bonds is 1. The predicted octanol–water partition coefficient (Wildman–Crippen LogP) is 0.277. The van der Waals surface area contributed by atoms with E-state index < -0.39 is 11.2 Å². The van der Waals surface area contributed by atoms with E-state index in [2.05, 4.69) is 66.0 Å². The Balaban J connectivity index is 2.42. The molecule has 2 rings (SSSR count). The maximum absolute atomic E-state index is 11.6. The van der Waals surface area contributed by atoms with Gasteiger partial charge in [-0.15, -0.1) is 0 Å². The first-order chi connectivity index (χ1) is 9.49. The topological polar surface area (TPSA) is 73.7 Å². The van der Waals surface area contributed by atoms with E-state index in [1.54, 1.807) is 0 Å². The van der Waals surface area contributed by atoms with Gasteiger partial charge in [0.15, 0.2) is 0 Å². The Labute approximate surface area is 136 Å². The minimum Gasteiger partial charge on any atom is -0.386 e. The van der Waals surface area contributed by atoms with Gasteiger partial charge in [0.2, 0.25) is 0 Å². The quantitative estimate of drug-likeness (QED) is 0.561. The molecule has 0 unspecified atom stereocenters. The third kappa shape index (κ3) is 3.50. The highest BCUT2D eigenvalue weighted by atomic mass is 16.4. The van der Waals surface area contributed by atoms with Crippen molar-refractivity contribution in [3.05, 3.63) is 0 Å². The number of quaternary nitrogens is 2. The fraction of sp³-hybridized carbons (Fsp3) is 1.00. The van der Waals surface area contributed by atoms with Crippen molar-refractivity contribution < 1.29 is 20.8 Å². The highest BCUT2D eigenvalue weighted by molar-refractivity contribution is 5.11. The lowest BCUT2D eigenvalue weighted by atomic mass is 9.58. The van der Waals surface area contributed by atoms with Crippen molar-refractivity contribution in [1.29, 1.82) is 0 Å². The molecule has 2 aliphatic rings. The van der Waals surface area contributed by atoms with E-state index in [0.29, 0.717) is 25.7 Å². The molecule has 2 aliphatic heterocycles. The van der Waals surface area contributed by atoms with Gasteiger partial charge in [0.1, 0.15) is 11.2 Å². The Kier molecular flexibility index (Phi) is 3.87. The molecule has 2 fully saturated rings. The Morgan fingerprint density at radius 3 is 0.864 bits per heavy atom. The lowest BCUT2D eigenvalue weighted by molar-refractivity contribution is -0.803. The number of aliphatic hydroxyl groups is 2. The van der Waals surface area contributed by atoms with E-state index in [9.17, 15) is 10.2 Å². The molecule has 0 aromatic rings. The van der Waals surface area contributed by atoms with Gasteiger partial charge in [0.25, 0.3) is 0 Å². The molecule has 0 saturated carbocycles. The summed E-state index contributed by atoms with van der Waals surface area (Å²) in [5, 5.41) is 27.9. The first kappa shape index (κ1) is 18.2. The van der Waals surface area contributed by atoms with Crippen molar-refractivity contribution in [3.63, 3.8) is 0 Å². The van der Waals surface area contributed by atoms with Gasteiger partial charge in [0.05, 0.1) is 22.2 Å². The van der Waals surface area contributed by atoms with Crippen LogP contribution < -0.4 is 10.6 Å². The third-order valence-corrected chi connectivity index (χ3v) is 5.42. The molecule has 0 atom stereocenters. The van der Waals surface area contributed by atoms with Crippen molar-refractivity contribution in [2.75, 3.05) is 0 Å². The number of hydrogen-bond donors (Lipinski definition) is 4. The molecular formula is C18H38N2O2+2. The van der Waals surface area contributed by atoms with Crippen LogP contribution in [0.1, 0.15) is 81.1 Å². The summed E-state index contributed by atoms with van der Waals surface area (Å²) >= 11 is 0. The van der Waals surface area contributed by atoms with Crippen molar-refractivity contribution >= 4 is 0 Å². The predicted molar refractivity (Wildman–Crippen MR) is 88.5 cm³/mol. The monoisotopic (exact) mass is 314 g/mol. The van der Waals surface area contributed by atoms with Crippen molar-refractivity contribution in [2.24, 2.45) is 0 Å². The zero-order valence-electron chi connectivity index (χ0n) is 15.9. The van der Waals surface area contributed by atoms with Crippen LogP contribution in [0.25, 0.3) is 0 Å². The molecule has 4 heteroatoms. The minimum absolute atomic E-state index is 0.0678. The van der Waals surface area contributed by atoms with Crippen LogP contribution >= 0.6 is 0 Å². The van der Waals surface area contributed by atoms with Gasteiger partial charge in [0, 0.05) is 25.7 Å². The van der Waals surface area contributed by atoms with E-state index in [1.807, 2.05) is 0 Å². The van der Waals surface area contributed by atoms with Crippen LogP contribution in [0.2, 0.25) is 0 Å². The second kappa shape index (κ2) is 4.69. The summed E-state index contributed by atoms with van der Waals surface area (Å²) in [6.07, 6.45) is 2.52. The molecule has 0 aromatic carbocycles. The molecule has 6 N–H and O–H groups in total. The van der Waals surface area contributed by atoms with Crippen LogP contribution in [0.4, 0.5) is 0 Å². The van der Waals surface area contributed by atoms with Gasteiger partial charge in [-0.3, -0.25) is 0 Å². The lowest BCUT2D eigenvalue weighted by Gasteiger charge is -2.58. The molecule has 0 spiro atoms. The molecule has 22 heavy (non-hydrogen) atoms. The summed E-state index contributed by atoms with van der Waals surface area (Å²) in [4.78, 5) is 0. The van der Waals surface area contributed by atoms with Gasteiger partial charge in [-0.05, 0) is 55.4 Å². The molecule has 2 saturated heterocycles. The Morgan fingerprint density at radius 1 is 0.500 bits per heavy atom. The molecule has 2 heterocycles. The van der Waals surface area contributed by atoms with Crippen molar-refractivity contribution in [2.45, 2.75) is 114 Å². The van der Waals surface area contributed by atoms with E-state index in [1.165, 1.54) is 0 Å². The van der Waals surface area contributed by atoms with E-state index >= 15 is 0 Å². The zero-order chi connectivity index (χ0) is 17.2. The van der Waals surface area contributed by atoms with E-state index in [4.69, 9.17) is 0 Å². The second-order valence-electron chi connectivity index (χ2n) is 11.0. The summed E-state index contributed by atoms with van der Waals surface area (Å²) in [6, 6.07) is 0. The van der Waals surface area contributed by atoms with E-state index in [0.717, 1.165) is 0 Å². The maximum Gasteiger partial charge on any atom is 0.106 e. The largest absolute Gasteiger partial charge is 0.386 e. The zero-order valence-corrected chi connectivity index (χ0v) is 15.9. The maximum atomic E-state index is 11.6. The molecule has 0 radical (unpaired) electrons. The van der Waals surface area contributed by atoms with Gasteiger partial charge in [-0.1, -0.05) is 0 Å². The van der Waals surface area contributed by atoms with Crippen LogP contribution in [0, 0.1) is 0 Å². The highest BCUT2D eigenvalue weighted by Gasteiger charge is 2.64. The van der Waals surface area contributed by atoms with Crippen LogP contribution in [0.15, 0.2) is 0 Å². The number of piperidine rings is 2. The van der Waals surface area contributed by atoms with Gasteiger partial charge >= 0.3 is 0 Å². The summed E-state index contributed by atoms with van der Waals surface area (Å²) in [7, 11) is 0. The van der Waals surface area contributed by atoms with Crippen LogP contribution in [-0.4, -0.2) is 43.6 Å². The number of hydrogen-bond acceptors (Lipinski definition) is 2. The normalized spacial score (nSPS) is 34.1. The Morgan fingerprint density at radius 2 is 0.682 bits per heavy atom. The molecule has 0 bridgehead atoms. The second-order valence-corrected chi connectivity index (χ2v) is 11.0. The molecule has 0 aliphatic carbocycles. The molecule has 0 amide bonds. The lowest BCUT2D eigenvalue weighted by Crippen LogP contribution is -3.09. The number of nitrogens with two attached hydrogens (primary N) is 2. The Bertz CT molecular complexity index is 378. The molecule has 0 aromatic heterocycles. The van der Waals surface area contributed by atoms with Gasteiger partial charge < -0.3 is 20.8 Å². The fourth-order valence-electron chi connectivity index (χ4n) is 6.12. The summed E-state index contributed by atoms with van der Waals surface area (Å²) in [6.45, 7) is 17.4. The highest BCUT2D eigenvalue weighted by Crippen LogP contribution is 2.46.